The quantitative estimate of drug-likeness (QED) is 0.161. The fourth-order valence-corrected chi connectivity index (χ4v) is 11.9. The van der Waals surface area contributed by atoms with Gasteiger partial charge in [-0.25, -0.2) is 0 Å². The molecule has 0 N–H and O–H groups in total. The number of furan rings is 1. The minimum atomic E-state index is -0.178. The molecule has 0 amide bonds. The van der Waals surface area contributed by atoms with E-state index in [0.29, 0.717) is 0 Å². The molecule has 3 heterocycles. The average Bonchev–Trinajstić information content (AvgIpc) is 3.77. The molecule has 2 aliphatic rings. The first-order valence-electron chi connectivity index (χ1n) is 24.8. The molecule has 8 aromatic carbocycles. The number of anilines is 5. The first-order valence-corrected chi connectivity index (χ1v) is 24.8. The van der Waals surface area contributed by atoms with E-state index < -0.39 is 0 Å². The lowest BCUT2D eigenvalue weighted by Gasteiger charge is -2.46. The summed E-state index contributed by atoms with van der Waals surface area (Å²) >= 11 is 0. The van der Waals surface area contributed by atoms with Crippen LogP contribution in [0.25, 0.3) is 55.5 Å². The number of benzene rings is 8. The van der Waals surface area contributed by atoms with Crippen LogP contribution in [0.4, 0.5) is 28.4 Å². The van der Waals surface area contributed by atoms with Gasteiger partial charge in [0.05, 0.1) is 6.26 Å². The zero-order valence-electron chi connectivity index (χ0n) is 42.7. The van der Waals surface area contributed by atoms with Gasteiger partial charge in [0.25, 0.3) is 0 Å². The van der Waals surface area contributed by atoms with Gasteiger partial charge in [-0.05, 0) is 203 Å². The third kappa shape index (κ3) is 7.25. The Morgan fingerprint density at radius 2 is 0.971 bits per heavy atom. The molecule has 342 valence electrons. The number of nitrogens with zero attached hydrogens (tertiary/aromatic N) is 2. The molecule has 3 nitrogen and oxygen atoms in total. The number of fused-ring (bicyclic) bond motifs is 6. The van der Waals surface area contributed by atoms with Gasteiger partial charge in [-0.2, -0.15) is 0 Å². The van der Waals surface area contributed by atoms with E-state index in [1.54, 1.807) is 0 Å². The van der Waals surface area contributed by atoms with E-state index in [-0.39, 0.29) is 17.7 Å². The molecule has 0 fully saturated rings. The van der Waals surface area contributed by atoms with Crippen molar-refractivity contribution < 1.29 is 4.42 Å². The molecule has 0 saturated heterocycles. The van der Waals surface area contributed by atoms with Crippen LogP contribution in [0.2, 0.25) is 0 Å². The van der Waals surface area contributed by atoms with E-state index in [2.05, 4.69) is 239 Å². The highest BCUT2D eigenvalue weighted by atomic mass is 16.3. The van der Waals surface area contributed by atoms with Gasteiger partial charge in [0.15, 0.2) is 0 Å². The minimum absolute atomic E-state index is 0.0775. The monoisotopic (exact) mass is 899 g/mol. The van der Waals surface area contributed by atoms with E-state index in [0.717, 1.165) is 27.9 Å². The smallest absolute Gasteiger partial charge is 0.333 e. The Bertz CT molecular complexity index is 3460. The summed E-state index contributed by atoms with van der Waals surface area (Å²) in [6, 6.07) is 53.6. The zero-order valence-corrected chi connectivity index (χ0v) is 42.7. The van der Waals surface area contributed by atoms with Crippen LogP contribution in [0.1, 0.15) is 91.6 Å². The van der Waals surface area contributed by atoms with Crippen molar-refractivity contribution >= 4 is 57.2 Å². The summed E-state index contributed by atoms with van der Waals surface area (Å²) in [7, 11) is 0. The molecule has 0 spiro atoms. The van der Waals surface area contributed by atoms with E-state index in [9.17, 15) is 0 Å². The van der Waals surface area contributed by atoms with Crippen LogP contribution in [0.15, 0.2) is 150 Å². The number of hydrogen-bond acceptors (Lipinski definition) is 3. The first kappa shape index (κ1) is 44.5. The number of hydrogen-bond donors (Lipinski definition) is 0. The molecule has 2 aliphatic heterocycles. The van der Waals surface area contributed by atoms with Crippen LogP contribution >= 0.6 is 0 Å². The van der Waals surface area contributed by atoms with Gasteiger partial charge in [-0.15, -0.1) is 0 Å². The molecule has 4 heteroatoms. The Balaban J connectivity index is 1.26. The van der Waals surface area contributed by atoms with Crippen molar-refractivity contribution in [2.24, 2.45) is 0 Å². The van der Waals surface area contributed by atoms with Crippen molar-refractivity contribution in [1.82, 2.24) is 0 Å². The number of aryl methyl sites for hydroxylation is 7. The molecule has 0 bridgehead atoms. The van der Waals surface area contributed by atoms with Crippen molar-refractivity contribution in [3.63, 3.8) is 0 Å². The summed E-state index contributed by atoms with van der Waals surface area (Å²) in [6.45, 7) is 29.5. The standard InChI is InChI=1S/C65H63BN2O/c1-38-30-43(6)60(44(7)31-38)47-22-26-54-56(33-47)67(52-36-49(64(8,9)10)35-50(37-52)65(11,12)13)57-34-48-28-29-69-63(48)61-53-32-46(59-41(4)18-15-19-42(59)5)23-27-55(53)68(66(54)62(57)61)51-24-20-45(21-25-51)58-39(2)16-14-17-40(58)3/h14-37H,1-13H3. The predicted molar refractivity (Wildman–Crippen MR) is 297 cm³/mol. The van der Waals surface area contributed by atoms with Gasteiger partial charge in [0, 0.05) is 45.0 Å². The van der Waals surface area contributed by atoms with Crippen LogP contribution in [0.3, 0.4) is 0 Å². The van der Waals surface area contributed by atoms with Crippen LogP contribution in [0.5, 0.6) is 0 Å². The van der Waals surface area contributed by atoms with Gasteiger partial charge in [-0.3, -0.25) is 0 Å². The predicted octanol–water partition coefficient (Wildman–Crippen LogP) is 16.9. The summed E-state index contributed by atoms with van der Waals surface area (Å²) in [5.74, 6) is 0. The molecular formula is C65H63BN2O. The maximum atomic E-state index is 6.70. The molecular weight excluding hydrogens is 836 g/mol. The van der Waals surface area contributed by atoms with E-state index in [4.69, 9.17) is 4.42 Å². The Morgan fingerprint density at radius 3 is 1.57 bits per heavy atom. The summed E-state index contributed by atoms with van der Waals surface area (Å²) in [5, 5.41) is 1.09. The summed E-state index contributed by atoms with van der Waals surface area (Å²) in [5.41, 5.74) is 30.6. The van der Waals surface area contributed by atoms with Crippen molar-refractivity contribution in [3.8, 4) is 44.5 Å². The Morgan fingerprint density at radius 1 is 0.435 bits per heavy atom. The van der Waals surface area contributed by atoms with Gasteiger partial charge >= 0.3 is 6.85 Å². The second-order valence-electron chi connectivity index (χ2n) is 22.3. The second kappa shape index (κ2) is 16.0. The van der Waals surface area contributed by atoms with Crippen molar-refractivity contribution in [3.05, 3.63) is 196 Å². The normalized spacial score (nSPS) is 13.2. The maximum Gasteiger partial charge on any atom is 0.333 e. The maximum absolute atomic E-state index is 6.70. The fourth-order valence-electron chi connectivity index (χ4n) is 11.9. The molecule has 0 atom stereocenters. The van der Waals surface area contributed by atoms with Gasteiger partial charge < -0.3 is 14.1 Å². The molecule has 69 heavy (non-hydrogen) atoms. The van der Waals surface area contributed by atoms with Crippen LogP contribution in [0, 0.1) is 48.5 Å². The largest absolute Gasteiger partial charge is 0.464 e. The van der Waals surface area contributed by atoms with Crippen LogP contribution in [-0.2, 0) is 10.8 Å². The molecule has 9 aromatic rings. The lowest BCUT2D eigenvalue weighted by molar-refractivity contribution is 0.569. The molecule has 11 rings (SSSR count). The summed E-state index contributed by atoms with van der Waals surface area (Å²) in [6.07, 6.45) is 1.88. The Kier molecular flexibility index (Phi) is 10.3. The zero-order chi connectivity index (χ0) is 48.4. The summed E-state index contributed by atoms with van der Waals surface area (Å²) < 4.78 is 6.70. The van der Waals surface area contributed by atoms with Crippen LogP contribution in [-0.4, -0.2) is 6.85 Å². The van der Waals surface area contributed by atoms with Crippen molar-refractivity contribution in [1.29, 1.82) is 0 Å². The molecule has 0 saturated carbocycles. The lowest BCUT2D eigenvalue weighted by Crippen LogP contribution is -2.61. The van der Waals surface area contributed by atoms with Crippen molar-refractivity contribution in [2.75, 3.05) is 9.71 Å². The lowest BCUT2D eigenvalue weighted by atomic mass is 9.43. The van der Waals surface area contributed by atoms with E-state index in [1.165, 1.54) is 117 Å². The molecule has 0 aliphatic carbocycles. The third-order valence-electron chi connectivity index (χ3n) is 15.2. The SMILES string of the molecule is Cc1cc(C)c(-c2ccc3c(c2)N(c2cc(C(C)(C)C)cc(C(C)(C)C)c2)c2cc4ccoc4c4c2B3N(c2ccc(-c3c(C)cccc3C)cc2)c2ccc(-c3c(C)cccc3C)cc2-4)c(C)c1. The van der Waals surface area contributed by atoms with Gasteiger partial charge in [0.1, 0.15) is 5.58 Å². The highest BCUT2D eigenvalue weighted by Crippen LogP contribution is 2.52. The van der Waals surface area contributed by atoms with E-state index >= 15 is 0 Å². The van der Waals surface area contributed by atoms with Gasteiger partial charge in [0.2, 0.25) is 0 Å². The highest BCUT2D eigenvalue weighted by Gasteiger charge is 2.47. The summed E-state index contributed by atoms with van der Waals surface area (Å²) in [4.78, 5) is 5.23. The third-order valence-corrected chi connectivity index (χ3v) is 15.2. The number of rotatable bonds is 5. The van der Waals surface area contributed by atoms with Gasteiger partial charge in [-0.1, -0.05) is 132 Å². The first-order chi connectivity index (χ1) is 32.9. The molecule has 0 radical (unpaired) electrons. The average molecular weight is 899 g/mol. The second-order valence-corrected chi connectivity index (χ2v) is 22.3. The van der Waals surface area contributed by atoms with Crippen LogP contribution < -0.4 is 20.6 Å². The fraction of sp³-hybridized carbons (Fsp3) is 0.231. The highest BCUT2D eigenvalue weighted by molar-refractivity contribution is 6.94. The topological polar surface area (TPSA) is 19.6 Å². The Labute approximate surface area is 410 Å². The van der Waals surface area contributed by atoms with E-state index in [1.807, 2.05) is 6.26 Å². The minimum Gasteiger partial charge on any atom is -0.464 e. The Hall–Kier alpha value is -7.04. The van der Waals surface area contributed by atoms with Crippen molar-refractivity contribution in [2.45, 2.75) is 101 Å². The molecule has 0 unspecified atom stereocenters. The molecule has 1 aromatic heterocycles.